The van der Waals surface area contributed by atoms with Gasteiger partial charge >= 0.3 is 0 Å². The predicted octanol–water partition coefficient (Wildman–Crippen LogP) is 1.62. The first kappa shape index (κ1) is 8.09. The highest BCUT2D eigenvalue weighted by atomic mass is 16.3. The number of carbonyl (C=O) groups excluding carboxylic acids is 1. The van der Waals surface area contributed by atoms with E-state index >= 15 is 0 Å². The lowest BCUT2D eigenvalue weighted by Crippen LogP contribution is -2.50. The predicted molar refractivity (Wildman–Crippen MR) is 50.8 cm³/mol. The smallest absolute Gasteiger partial charge is 0.233 e. The van der Waals surface area contributed by atoms with Gasteiger partial charge in [0.05, 0.1) is 12.2 Å². The van der Waals surface area contributed by atoms with E-state index in [1.165, 1.54) is 0 Å². The molecule has 3 aliphatic rings. The lowest BCUT2D eigenvalue weighted by atomic mass is 9.77. The van der Waals surface area contributed by atoms with Crippen LogP contribution in [0.25, 0.3) is 0 Å². The van der Waals surface area contributed by atoms with Crippen molar-refractivity contribution in [3.63, 3.8) is 0 Å². The largest absolute Gasteiger partial charge is 0.469 e. The average Bonchev–Trinajstić information content (AvgIpc) is 2.72. The van der Waals surface area contributed by atoms with E-state index in [9.17, 15) is 4.79 Å². The number of nitrogens with zero attached hydrogens (tertiary/aromatic N) is 1. The van der Waals surface area contributed by atoms with E-state index in [0.717, 1.165) is 31.7 Å². The fourth-order valence-corrected chi connectivity index (χ4v) is 2.67. The topological polar surface area (TPSA) is 33.5 Å². The Labute approximate surface area is 82.7 Å². The number of amides is 1. The van der Waals surface area contributed by atoms with Gasteiger partial charge in [0.25, 0.3) is 0 Å². The molecule has 3 nitrogen and oxygen atoms in total. The van der Waals surface area contributed by atoms with Crippen molar-refractivity contribution in [3.8, 4) is 0 Å². The molecule has 0 saturated carbocycles. The van der Waals surface area contributed by atoms with Gasteiger partial charge in [-0.15, -0.1) is 0 Å². The molecule has 2 bridgehead atoms. The van der Waals surface area contributed by atoms with Crippen molar-refractivity contribution >= 4 is 5.91 Å². The zero-order valence-electron chi connectivity index (χ0n) is 7.98. The average molecular weight is 191 g/mol. The molecule has 3 fully saturated rings. The number of fused-ring (bicyclic) bond motifs is 3. The van der Waals surface area contributed by atoms with Crippen molar-refractivity contribution in [1.82, 2.24) is 4.90 Å². The third kappa shape index (κ3) is 1.01. The first-order chi connectivity index (χ1) is 6.86. The van der Waals surface area contributed by atoms with Gasteiger partial charge in [0.2, 0.25) is 5.91 Å². The summed E-state index contributed by atoms with van der Waals surface area (Å²) in [5.41, 5.74) is 0. The Morgan fingerprint density at radius 3 is 2.71 bits per heavy atom. The molecule has 4 heterocycles. The number of hydrogen-bond acceptors (Lipinski definition) is 2. The molecule has 3 heteroatoms. The normalized spacial score (nSPS) is 31.1. The van der Waals surface area contributed by atoms with Gasteiger partial charge < -0.3 is 9.32 Å². The zero-order chi connectivity index (χ0) is 9.54. The molecule has 4 rings (SSSR count). The monoisotopic (exact) mass is 191 g/mol. The van der Waals surface area contributed by atoms with E-state index in [1.807, 2.05) is 17.0 Å². The SMILES string of the molecule is O=C1C(c2ccco2)C2CCN1CC2. The van der Waals surface area contributed by atoms with Gasteiger partial charge in [-0.25, -0.2) is 0 Å². The highest BCUT2D eigenvalue weighted by molar-refractivity contribution is 5.85. The summed E-state index contributed by atoms with van der Waals surface area (Å²) < 4.78 is 5.35. The Hall–Kier alpha value is -1.25. The molecular weight excluding hydrogens is 178 g/mol. The van der Waals surface area contributed by atoms with Crippen molar-refractivity contribution < 1.29 is 9.21 Å². The number of rotatable bonds is 1. The minimum absolute atomic E-state index is 0.00694. The second kappa shape index (κ2) is 2.87. The van der Waals surface area contributed by atoms with Crippen molar-refractivity contribution in [3.05, 3.63) is 24.2 Å². The maximum Gasteiger partial charge on any atom is 0.233 e. The minimum Gasteiger partial charge on any atom is -0.469 e. The molecule has 1 atom stereocenters. The number of hydrogen-bond donors (Lipinski definition) is 0. The molecule has 1 aromatic rings. The quantitative estimate of drug-likeness (QED) is 0.675. The van der Waals surface area contributed by atoms with Crippen LogP contribution < -0.4 is 0 Å². The Balaban J connectivity index is 1.96. The molecule has 0 aromatic carbocycles. The van der Waals surface area contributed by atoms with E-state index in [-0.39, 0.29) is 11.8 Å². The Morgan fingerprint density at radius 2 is 2.14 bits per heavy atom. The first-order valence-electron chi connectivity index (χ1n) is 5.18. The van der Waals surface area contributed by atoms with Crippen LogP contribution >= 0.6 is 0 Å². The summed E-state index contributed by atoms with van der Waals surface area (Å²) in [4.78, 5) is 13.9. The number of carbonyl (C=O) groups is 1. The van der Waals surface area contributed by atoms with Crippen LogP contribution in [0.1, 0.15) is 24.5 Å². The van der Waals surface area contributed by atoms with Gasteiger partial charge in [-0.05, 0) is 30.9 Å². The molecule has 3 saturated heterocycles. The molecule has 0 aliphatic carbocycles. The lowest BCUT2D eigenvalue weighted by molar-refractivity contribution is -0.142. The molecule has 3 aliphatic heterocycles. The van der Waals surface area contributed by atoms with Gasteiger partial charge in [-0.1, -0.05) is 0 Å². The van der Waals surface area contributed by atoms with Gasteiger partial charge in [-0.2, -0.15) is 0 Å². The van der Waals surface area contributed by atoms with Crippen molar-refractivity contribution in [1.29, 1.82) is 0 Å². The summed E-state index contributed by atoms with van der Waals surface area (Å²) in [6.07, 6.45) is 3.93. The van der Waals surface area contributed by atoms with E-state index in [2.05, 4.69) is 0 Å². The molecule has 1 unspecified atom stereocenters. The van der Waals surface area contributed by atoms with Crippen LogP contribution in [0.4, 0.5) is 0 Å². The number of furan rings is 1. The van der Waals surface area contributed by atoms with Gasteiger partial charge in [0.15, 0.2) is 0 Å². The Bertz CT molecular complexity index is 336. The van der Waals surface area contributed by atoms with Crippen molar-refractivity contribution in [2.24, 2.45) is 5.92 Å². The maximum absolute atomic E-state index is 12.0. The van der Waals surface area contributed by atoms with E-state index < -0.39 is 0 Å². The molecule has 1 aromatic heterocycles. The van der Waals surface area contributed by atoms with Gasteiger partial charge in [0, 0.05) is 13.1 Å². The summed E-state index contributed by atoms with van der Waals surface area (Å²) in [6, 6.07) is 3.78. The summed E-state index contributed by atoms with van der Waals surface area (Å²) >= 11 is 0. The fraction of sp³-hybridized carbons (Fsp3) is 0.545. The maximum atomic E-state index is 12.0. The molecule has 0 N–H and O–H groups in total. The van der Waals surface area contributed by atoms with Crippen LogP contribution in [0.2, 0.25) is 0 Å². The highest BCUT2D eigenvalue weighted by Gasteiger charge is 2.42. The molecular formula is C11H13NO2. The van der Waals surface area contributed by atoms with Crippen molar-refractivity contribution in [2.45, 2.75) is 18.8 Å². The third-order valence-corrected chi connectivity index (χ3v) is 3.44. The second-order valence-electron chi connectivity index (χ2n) is 4.16. The van der Waals surface area contributed by atoms with E-state index in [1.54, 1.807) is 6.26 Å². The molecule has 14 heavy (non-hydrogen) atoms. The molecule has 74 valence electrons. The van der Waals surface area contributed by atoms with Crippen LogP contribution in [0.15, 0.2) is 22.8 Å². The first-order valence-corrected chi connectivity index (χ1v) is 5.18. The van der Waals surface area contributed by atoms with Crippen LogP contribution in [0.3, 0.4) is 0 Å². The van der Waals surface area contributed by atoms with E-state index in [4.69, 9.17) is 4.42 Å². The summed E-state index contributed by atoms with van der Waals surface area (Å²) in [7, 11) is 0. The van der Waals surface area contributed by atoms with Gasteiger partial charge in [-0.3, -0.25) is 4.79 Å². The Kier molecular flexibility index (Phi) is 1.66. The zero-order valence-corrected chi connectivity index (χ0v) is 7.98. The molecule has 1 amide bonds. The number of piperidine rings is 3. The third-order valence-electron chi connectivity index (χ3n) is 3.44. The van der Waals surface area contributed by atoms with Crippen LogP contribution in [-0.2, 0) is 4.79 Å². The standard InChI is InChI=1S/C11H13NO2/c13-11-10(9-2-1-7-14-9)8-3-5-12(11)6-4-8/h1-2,7-8,10H,3-6H2. The summed E-state index contributed by atoms with van der Waals surface area (Å²) in [5.74, 6) is 1.64. The van der Waals surface area contributed by atoms with Crippen molar-refractivity contribution in [2.75, 3.05) is 13.1 Å². The summed E-state index contributed by atoms with van der Waals surface area (Å²) in [6.45, 7) is 1.89. The van der Waals surface area contributed by atoms with Crippen LogP contribution in [0.5, 0.6) is 0 Å². The molecule has 0 radical (unpaired) electrons. The summed E-state index contributed by atoms with van der Waals surface area (Å²) in [5, 5.41) is 0. The second-order valence-corrected chi connectivity index (χ2v) is 4.16. The van der Waals surface area contributed by atoms with Crippen LogP contribution in [0, 0.1) is 5.92 Å². The molecule has 0 spiro atoms. The van der Waals surface area contributed by atoms with Crippen LogP contribution in [-0.4, -0.2) is 23.9 Å². The Morgan fingerprint density at radius 1 is 1.36 bits per heavy atom. The lowest BCUT2D eigenvalue weighted by Gasteiger charge is -2.43. The fourth-order valence-electron chi connectivity index (χ4n) is 2.67. The minimum atomic E-state index is 0.00694. The van der Waals surface area contributed by atoms with Gasteiger partial charge in [0.1, 0.15) is 5.76 Å². The van der Waals surface area contributed by atoms with E-state index in [0.29, 0.717) is 5.92 Å². The highest BCUT2D eigenvalue weighted by Crippen LogP contribution is 2.39.